The summed E-state index contributed by atoms with van der Waals surface area (Å²) >= 11 is 0. The molecule has 0 fully saturated rings. The van der Waals surface area contributed by atoms with Crippen LogP contribution in [0.4, 0.5) is 15.8 Å². The first-order chi connectivity index (χ1) is 7.85. The van der Waals surface area contributed by atoms with Crippen molar-refractivity contribution in [2.75, 3.05) is 11.9 Å². The van der Waals surface area contributed by atoms with Crippen LogP contribution in [0.3, 0.4) is 0 Å². The molecule has 0 atom stereocenters. The number of aliphatic hydroxyl groups excluding tert-OH is 1. The van der Waals surface area contributed by atoms with E-state index >= 15 is 0 Å². The van der Waals surface area contributed by atoms with Crippen molar-refractivity contribution < 1.29 is 14.4 Å². The van der Waals surface area contributed by atoms with Gasteiger partial charge in [-0.05, 0) is 32.4 Å². The lowest BCUT2D eigenvalue weighted by molar-refractivity contribution is -0.384. The largest absolute Gasteiger partial charge is 0.396 e. The van der Waals surface area contributed by atoms with Crippen molar-refractivity contribution in [1.82, 2.24) is 0 Å². The van der Waals surface area contributed by atoms with Gasteiger partial charge >= 0.3 is 0 Å². The first kappa shape index (κ1) is 13.4. The van der Waals surface area contributed by atoms with Crippen molar-refractivity contribution in [3.8, 4) is 0 Å². The van der Waals surface area contributed by atoms with Gasteiger partial charge in [0.25, 0.3) is 5.69 Å². The number of anilines is 1. The maximum Gasteiger partial charge on any atom is 0.295 e. The van der Waals surface area contributed by atoms with Gasteiger partial charge in [0.05, 0.1) is 11.0 Å². The van der Waals surface area contributed by atoms with Gasteiger partial charge in [0.15, 0.2) is 0 Å². The first-order valence-corrected chi connectivity index (χ1v) is 5.19. The molecule has 1 rings (SSSR count). The fourth-order valence-electron chi connectivity index (χ4n) is 1.47. The molecule has 0 aliphatic carbocycles. The number of hydrogen-bond acceptors (Lipinski definition) is 4. The highest BCUT2D eigenvalue weighted by Crippen LogP contribution is 2.28. The summed E-state index contributed by atoms with van der Waals surface area (Å²) in [5, 5.41) is 22.6. The monoisotopic (exact) mass is 242 g/mol. The molecule has 5 nitrogen and oxygen atoms in total. The second-order valence-electron chi connectivity index (χ2n) is 4.40. The molecule has 17 heavy (non-hydrogen) atoms. The number of nitrogens with zero attached hydrogens (tertiary/aromatic N) is 1. The van der Waals surface area contributed by atoms with Gasteiger partial charge in [-0.25, -0.2) is 4.39 Å². The minimum atomic E-state index is -0.651. The molecule has 1 aromatic carbocycles. The fraction of sp³-hybridized carbons (Fsp3) is 0.455. The Balaban J connectivity index is 3.02. The van der Waals surface area contributed by atoms with Crippen LogP contribution in [0.15, 0.2) is 18.2 Å². The number of nitro benzene ring substituents is 1. The molecule has 0 aliphatic heterocycles. The zero-order chi connectivity index (χ0) is 13.1. The highest BCUT2D eigenvalue weighted by atomic mass is 19.1. The number of nitro groups is 1. The Morgan fingerprint density at radius 1 is 1.53 bits per heavy atom. The van der Waals surface area contributed by atoms with Gasteiger partial charge in [0.1, 0.15) is 11.5 Å². The molecule has 0 unspecified atom stereocenters. The molecule has 2 N–H and O–H groups in total. The lowest BCUT2D eigenvalue weighted by Crippen LogP contribution is -2.32. The van der Waals surface area contributed by atoms with Gasteiger partial charge < -0.3 is 10.4 Å². The topological polar surface area (TPSA) is 75.4 Å². The molecule has 6 heteroatoms. The standard InChI is InChI=1S/C11H15FN2O3/c1-11(2,5-6-15)13-9-4-3-8(12)7-10(9)14(16)17/h3-4,7,13,15H,5-6H2,1-2H3. The van der Waals surface area contributed by atoms with E-state index in [1.54, 1.807) is 13.8 Å². The number of nitrogens with one attached hydrogen (secondary N) is 1. The van der Waals surface area contributed by atoms with Crippen molar-refractivity contribution in [1.29, 1.82) is 0 Å². The molecule has 0 bridgehead atoms. The van der Waals surface area contributed by atoms with Crippen LogP contribution >= 0.6 is 0 Å². The molecular weight excluding hydrogens is 227 g/mol. The molecule has 0 radical (unpaired) electrons. The van der Waals surface area contributed by atoms with Gasteiger partial charge in [-0.3, -0.25) is 10.1 Å². The van der Waals surface area contributed by atoms with Gasteiger partial charge in [-0.15, -0.1) is 0 Å². The van der Waals surface area contributed by atoms with E-state index in [1.165, 1.54) is 6.07 Å². The van der Waals surface area contributed by atoms with Gasteiger partial charge in [-0.2, -0.15) is 0 Å². The number of hydrogen-bond donors (Lipinski definition) is 2. The summed E-state index contributed by atoms with van der Waals surface area (Å²) in [6.07, 6.45) is 0.432. The third-order valence-corrected chi connectivity index (χ3v) is 2.37. The van der Waals surface area contributed by atoms with Crippen LogP contribution in [0.1, 0.15) is 20.3 Å². The summed E-state index contributed by atoms with van der Waals surface area (Å²) in [5.74, 6) is -0.651. The average Bonchev–Trinajstić information content (AvgIpc) is 2.20. The van der Waals surface area contributed by atoms with Crippen molar-refractivity contribution in [3.63, 3.8) is 0 Å². The molecule has 1 aromatic rings. The summed E-state index contributed by atoms with van der Waals surface area (Å²) in [5.41, 5.74) is -0.567. The van der Waals surface area contributed by atoms with Crippen molar-refractivity contribution in [2.24, 2.45) is 0 Å². The van der Waals surface area contributed by atoms with Crippen LogP contribution in [-0.4, -0.2) is 22.2 Å². The Labute approximate surface area is 98.4 Å². The van der Waals surface area contributed by atoms with Crippen LogP contribution in [0.25, 0.3) is 0 Å². The van der Waals surface area contributed by atoms with E-state index in [0.717, 1.165) is 12.1 Å². The van der Waals surface area contributed by atoms with Crippen molar-refractivity contribution in [2.45, 2.75) is 25.8 Å². The van der Waals surface area contributed by atoms with Crippen LogP contribution in [-0.2, 0) is 0 Å². The fourth-order valence-corrected chi connectivity index (χ4v) is 1.47. The lowest BCUT2D eigenvalue weighted by Gasteiger charge is -2.26. The number of aliphatic hydroxyl groups is 1. The quantitative estimate of drug-likeness (QED) is 0.613. The van der Waals surface area contributed by atoms with Crippen LogP contribution in [0, 0.1) is 15.9 Å². The number of benzene rings is 1. The third-order valence-electron chi connectivity index (χ3n) is 2.37. The second-order valence-corrected chi connectivity index (χ2v) is 4.40. The molecule has 0 saturated heterocycles. The zero-order valence-corrected chi connectivity index (χ0v) is 9.74. The first-order valence-electron chi connectivity index (χ1n) is 5.19. The predicted octanol–water partition coefficient (Wildman–Crippen LogP) is 2.31. The SMILES string of the molecule is CC(C)(CCO)Nc1ccc(F)cc1[N+](=O)[O-]. The van der Waals surface area contributed by atoms with E-state index < -0.39 is 16.3 Å². The van der Waals surface area contributed by atoms with Gasteiger partial charge in [-0.1, -0.05) is 0 Å². The minimum Gasteiger partial charge on any atom is -0.396 e. The van der Waals surface area contributed by atoms with Crippen molar-refractivity contribution >= 4 is 11.4 Å². The van der Waals surface area contributed by atoms with E-state index in [9.17, 15) is 14.5 Å². The number of rotatable bonds is 5. The predicted molar refractivity (Wildman–Crippen MR) is 62.5 cm³/mol. The second kappa shape index (κ2) is 5.09. The highest BCUT2D eigenvalue weighted by Gasteiger charge is 2.22. The van der Waals surface area contributed by atoms with Gasteiger partial charge in [0.2, 0.25) is 0 Å². The van der Waals surface area contributed by atoms with E-state index in [-0.39, 0.29) is 18.0 Å². The highest BCUT2D eigenvalue weighted by molar-refractivity contribution is 5.62. The summed E-state index contributed by atoms with van der Waals surface area (Å²) in [4.78, 5) is 10.1. The summed E-state index contributed by atoms with van der Waals surface area (Å²) in [6, 6.07) is 3.36. The molecule has 94 valence electrons. The van der Waals surface area contributed by atoms with E-state index in [2.05, 4.69) is 5.32 Å². The summed E-state index contributed by atoms with van der Waals surface area (Å²) < 4.78 is 12.9. The Hall–Kier alpha value is -1.69. The maximum absolute atomic E-state index is 12.9. The Kier molecular flexibility index (Phi) is 4.01. The average molecular weight is 242 g/mol. The maximum atomic E-state index is 12.9. The van der Waals surface area contributed by atoms with Crippen LogP contribution in [0.2, 0.25) is 0 Å². The van der Waals surface area contributed by atoms with E-state index in [1.807, 2.05) is 0 Å². The lowest BCUT2D eigenvalue weighted by atomic mass is 10.0. The Morgan fingerprint density at radius 3 is 2.71 bits per heavy atom. The third kappa shape index (κ3) is 3.67. The molecule has 0 amide bonds. The summed E-state index contributed by atoms with van der Waals surface area (Å²) in [6.45, 7) is 3.57. The normalized spacial score (nSPS) is 11.3. The van der Waals surface area contributed by atoms with Crippen LogP contribution in [0.5, 0.6) is 0 Å². The van der Waals surface area contributed by atoms with Crippen molar-refractivity contribution in [3.05, 3.63) is 34.1 Å². The van der Waals surface area contributed by atoms with E-state index in [4.69, 9.17) is 5.11 Å². The Bertz CT molecular complexity index is 421. The molecule has 0 aromatic heterocycles. The Morgan fingerprint density at radius 2 is 2.18 bits per heavy atom. The van der Waals surface area contributed by atoms with Crippen LogP contribution < -0.4 is 5.32 Å². The molecule has 0 heterocycles. The molecule has 0 saturated carbocycles. The zero-order valence-electron chi connectivity index (χ0n) is 9.74. The molecule has 0 spiro atoms. The smallest absolute Gasteiger partial charge is 0.295 e. The van der Waals surface area contributed by atoms with Gasteiger partial charge in [0, 0.05) is 12.1 Å². The molecular formula is C11H15FN2O3. The van der Waals surface area contributed by atoms with E-state index in [0.29, 0.717) is 6.42 Å². The number of halogens is 1. The summed E-state index contributed by atoms with van der Waals surface area (Å²) in [7, 11) is 0. The minimum absolute atomic E-state index is 0.0327. The molecule has 0 aliphatic rings.